The van der Waals surface area contributed by atoms with Crippen LogP contribution in [0.25, 0.3) is 11.0 Å². The SMILES string of the molecule is C#CCON=C(C)c1c(O)c2ccc(OC3O[C@@](C)(CC)[C@H](OC)[C@@H](OC(=O)NOCC#C)[C@H]3O)c(C)c2oc1=O. The van der Waals surface area contributed by atoms with Crippen molar-refractivity contribution >= 4 is 22.8 Å². The van der Waals surface area contributed by atoms with Crippen molar-refractivity contribution < 1.29 is 48.0 Å². The first-order valence-electron chi connectivity index (χ1n) is 12.5. The van der Waals surface area contributed by atoms with Crippen LogP contribution in [0.15, 0.2) is 26.5 Å². The predicted octanol–water partition coefficient (Wildman–Crippen LogP) is 2.12. The van der Waals surface area contributed by atoms with Gasteiger partial charge in [-0.05, 0) is 39.3 Å². The number of ether oxygens (including phenoxy) is 4. The molecule has 1 fully saturated rings. The van der Waals surface area contributed by atoms with Crippen molar-refractivity contribution in [2.24, 2.45) is 5.16 Å². The molecule has 2 heterocycles. The highest BCUT2D eigenvalue weighted by Crippen LogP contribution is 2.39. The summed E-state index contributed by atoms with van der Waals surface area (Å²) < 4.78 is 28.6. The Bertz CT molecular complexity index is 1440. The van der Waals surface area contributed by atoms with Crippen LogP contribution in [0.1, 0.15) is 38.3 Å². The summed E-state index contributed by atoms with van der Waals surface area (Å²) in [4.78, 5) is 34.8. The molecule has 0 bridgehead atoms. The van der Waals surface area contributed by atoms with Crippen molar-refractivity contribution in [3.63, 3.8) is 0 Å². The molecular formula is C28H32N2O11. The monoisotopic (exact) mass is 572 g/mol. The molecule has 0 aliphatic carbocycles. The van der Waals surface area contributed by atoms with Gasteiger partial charge in [-0.2, -0.15) is 5.48 Å². The molecule has 1 saturated heterocycles. The van der Waals surface area contributed by atoms with Crippen molar-refractivity contribution in [1.29, 1.82) is 0 Å². The Morgan fingerprint density at radius 2 is 1.98 bits per heavy atom. The van der Waals surface area contributed by atoms with E-state index < -0.39 is 41.9 Å². The van der Waals surface area contributed by atoms with Crippen LogP contribution in [-0.4, -0.2) is 72.5 Å². The van der Waals surface area contributed by atoms with Crippen LogP contribution in [0.5, 0.6) is 11.5 Å². The number of hydroxylamine groups is 1. The van der Waals surface area contributed by atoms with Gasteiger partial charge < -0.3 is 38.4 Å². The third-order valence-corrected chi connectivity index (χ3v) is 6.61. The molecule has 13 nitrogen and oxygen atoms in total. The van der Waals surface area contributed by atoms with Gasteiger partial charge in [0.1, 0.15) is 35.4 Å². The Hall–Kier alpha value is -4.27. The van der Waals surface area contributed by atoms with E-state index in [4.69, 9.17) is 45.9 Å². The van der Waals surface area contributed by atoms with Gasteiger partial charge in [0.25, 0.3) is 0 Å². The molecule has 0 radical (unpaired) electrons. The van der Waals surface area contributed by atoms with Gasteiger partial charge in [0.2, 0.25) is 6.29 Å². The highest BCUT2D eigenvalue weighted by molar-refractivity contribution is 6.04. The number of benzene rings is 1. The second-order valence-electron chi connectivity index (χ2n) is 9.21. The highest BCUT2D eigenvalue weighted by atomic mass is 16.7. The second kappa shape index (κ2) is 13.4. The standard InChI is InChI=1S/C28H32N2O11/c1-8-13-36-29-16(5)19-20(31)17-11-12-18(15(4)22(17)39-25(19)33)38-26-21(32)23(40-27(34)30-37-14-9-2)24(35-7)28(6,10-3)41-26/h1-2,11-12,21,23-24,26,31-32H,10,13-14H2,3-7H3,(H,30,34)/t21-,23+,24-,26?,28+/m1/s1. The molecule has 5 atom stereocenters. The Morgan fingerprint density at radius 3 is 2.61 bits per heavy atom. The molecule has 41 heavy (non-hydrogen) atoms. The predicted molar refractivity (Wildman–Crippen MR) is 145 cm³/mol. The Kier molecular flexibility index (Phi) is 10.2. The number of aliphatic hydroxyl groups is 1. The number of terminal acetylenes is 2. The smallest absolute Gasteiger partial charge is 0.431 e. The molecular weight excluding hydrogens is 540 g/mol. The minimum absolute atomic E-state index is 0.0299. The number of amides is 1. The molecule has 1 unspecified atom stereocenters. The van der Waals surface area contributed by atoms with Crippen LogP contribution in [-0.2, 0) is 23.9 Å². The third-order valence-electron chi connectivity index (χ3n) is 6.61. The minimum atomic E-state index is -1.53. The molecule has 13 heteroatoms. The number of aliphatic hydroxyl groups excluding tert-OH is 1. The quantitative estimate of drug-likeness (QED) is 0.125. The van der Waals surface area contributed by atoms with Gasteiger partial charge in [-0.3, -0.25) is 4.84 Å². The summed E-state index contributed by atoms with van der Waals surface area (Å²) >= 11 is 0. The zero-order valence-corrected chi connectivity index (χ0v) is 23.3. The molecule has 1 amide bonds. The summed E-state index contributed by atoms with van der Waals surface area (Å²) in [5.41, 5.74) is 0.318. The molecule has 0 spiro atoms. The van der Waals surface area contributed by atoms with Gasteiger partial charge in [-0.1, -0.05) is 23.9 Å². The number of nitrogens with one attached hydrogen (secondary N) is 1. The maximum atomic E-state index is 12.8. The lowest BCUT2D eigenvalue weighted by Gasteiger charge is -2.48. The van der Waals surface area contributed by atoms with Gasteiger partial charge in [0.05, 0.1) is 16.7 Å². The van der Waals surface area contributed by atoms with Crippen LogP contribution in [0.4, 0.5) is 4.79 Å². The Balaban J connectivity index is 1.96. The van der Waals surface area contributed by atoms with Gasteiger partial charge in [-0.15, -0.1) is 12.8 Å². The molecule has 3 rings (SSSR count). The summed E-state index contributed by atoms with van der Waals surface area (Å²) in [6.45, 7) is 6.27. The van der Waals surface area contributed by atoms with Crippen LogP contribution in [0.3, 0.4) is 0 Å². The number of carbonyl (C=O) groups excluding carboxylic acids is 1. The van der Waals surface area contributed by atoms with E-state index >= 15 is 0 Å². The summed E-state index contributed by atoms with van der Waals surface area (Å²) in [6, 6.07) is 2.96. The number of hydrogen-bond acceptors (Lipinski definition) is 12. The Labute approximate surface area is 236 Å². The van der Waals surface area contributed by atoms with Crippen molar-refractivity contribution in [2.45, 2.75) is 64.3 Å². The zero-order chi connectivity index (χ0) is 30.3. The van der Waals surface area contributed by atoms with Gasteiger partial charge in [0.15, 0.2) is 18.8 Å². The van der Waals surface area contributed by atoms with Gasteiger partial charge in [-0.25, -0.2) is 9.59 Å². The third kappa shape index (κ3) is 6.56. The molecule has 1 aliphatic heterocycles. The fraction of sp³-hybridized carbons (Fsp3) is 0.464. The molecule has 2 aromatic rings. The number of oxime groups is 1. The number of carbonyl (C=O) groups is 1. The maximum absolute atomic E-state index is 12.8. The van der Waals surface area contributed by atoms with Crippen LogP contribution < -0.4 is 15.8 Å². The van der Waals surface area contributed by atoms with E-state index in [0.29, 0.717) is 12.0 Å². The number of hydrogen-bond donors (Lipinski definition) is 3. The Morgan fingerprint density at radius 1 is 1.27 bits per heavy atom. The molecule has 220 valence electrons. The number of methoxy groups -OCH3 is 1. The van der Waals surface area contributed by atoms with Crippen molar-refractivity contribution in [3.8, 4) is 36.2 Å². The fourth-order valence-electron chi connectivity index (χ4n) is 4.41. The lowest BCUT2D eigenvalue weighted by Crippen LogP contribution is -2.66. The van der Waals surface area contributed by atoms with Crippen molar-refractivity contribution in [2.75, 3.05) is 20.3 Å². The number of fused-ring (bicyclic) bond motifs is 1. The number of nitrogens with zero attached hydrogens (tertiary/aromatic N) is 1. The van der Waals surface area contributed by atoms with Crippen molar-refractivity contribution in [1.82, 2.24) is 5.48 Å². The van der Waals surface area contributed by atoms with E-state index in [-0.39, 0.29) is 47.0 Å². The normalized spacial score (nSPS) is 24.2. The second-order valence-corrected chi connectivity index (χ2v) is 9.21. The summed E-state index contributed by atoms with van der Waals surface area (Å²) in [5.74, 6) is 4.21. The first kappa shape index (κ1) is 31.3. The van der Waals surface area contributed by atoms with E-state index in [2.05, 4.69) is 17.0 Å². The lowest BCUT2D eigenvalue weighted by molar-refractivity contribution is -0.311. The molecule has 1 aromatic heterocycles. The largest absolute Gasteiger partial charge is 0.506 e. The van der Waals surface area contributed by atoms with Crippen LogP contribution in [0.2, 0.25) is 0 Å². The van der Waals surface area contributed by atoms with E-state index in [1.54, 1.807) is 13.8 Å². The van der Waals surface area contributed by atoms with E-state index in [0.717, 1.165) is 0 Å². The van der Waals surface area contributed by atoms with Crippen LogP contribution in [0, 0.1) is 31.6 Å². The van der Waals surface area contributed by atoms with Crippen LogP contribution >= 0.6 is 0 Å². The molecule has 1 aromatic carbocycles. The summed E-state index contributed by atoms with van der Waals surface area (Å²) in [6.07, 6.45) is 4.59. The molecule has 0 saturated carbocycles. The zero-order valence-electron chi connectivity index (χ0n) is 23.3. The van der Waals surface area contributed by atoms with E-state index in [9.17, 15) is 19.8 Å². The number of rotatable bonds is 10. The molecule has 3 N–H and O–H groups in total. The average molecular weight is 573 g/mol. The summed E-state index contributed by atoms with van der Waals surface area (Å²) in [7, 11) is 1.39. The highest BCUT2D eigenvalue weighted by Gasteiger charge is 2.54. The van der Waals surface area contributed by atoms with Gasteiger partial charge in [0, 0.05) is 12.7 Å². The summed E-state index contributed by atoms with van der Waals surface area (Å²) in [5, 5.41) is 26.0. The maximum Gasteiger partial charge on any atom is 0.431 e. The van der Waals surface area contributed by atoms with Gasteiger partial charge >= 0.3 is 11.7 Å². The topological polar surface area (TPSA) is 168 Å². The minimum Gasteiger partial charge on any atom is -0.506 e. The number of aryl methyl sites for hydroxylation is 1. The van der Waals surface area contributed by atoms with E-state index in [1.165, 1.54) is 26.2 Å². The first-order valence-corrected chi connectivity index (χ1v) is 12.5. The molecule has 1 aliphatic rings. The first-order chi connectivity index (χ1) is 19.5. The average Bonchev–Trinajstić information content (AvgIpc) is 2.93. The van der Waals surface area contributed by atoms with E-state index in [1.807, 2.05) is 12.4 Å². The number of aromatic hydroxyl groups is 1. The fourth-order valence-corrected chi connectivity index (χ4v) is 4.41. The van der Waals surface area contributed by atoms with Crippen molar-refractivity contribution in [3.05, 3.63) is 33.7 Å². The lowest BCUT2D eigenvalue weighted by atomic mass is 9.86.